The minimum absolute atomic E-state index is 0.00447. The summed E-state index contributed by atoms with van der Waals surface area (Å²) in [7, 11) is 0. The highest BCUT2D eigenvalue weighted by Gasteiger charge is 2.34. The molecule has 2 aromatic rings. The van der Waals surface area contributed by atoms with Crippen molar-refractivity contribution < 1.29 is 14.0 Å². The number of nitrogens with one attached hydrogen (secondary N) is 1. The first kappa shape index (κ1) is 21.4. The number of rotatable bonds is 8. The first-order valence-electron chi connectivity index (χ1n) is 10.1. The maximum absolute atomic E-state index is 13.7. The molecule has 0 aromatic heterocycles. The van der Waals surface area contributed by atoms with Gasteiger partial charge in [-0.1, -0.05) is 44.9 Å². The van der Waals surface area contributed by atoms with Crippen LogP contribution in [-0.2, 0) is 9.59 Å². The highest BCUT2D eigenvalue weighted by Crippen LogP contribution is 2.42. The van der Waals surface area contributed by atoms with Crippen molar-refractivity contribution in [2.75, 3.05) is 16.0 Å². The van der Waals surface area contributed by atoms with Crippen molar-refractivity contribution in [3.05, 3.63) is 59.9 Å². The minimum atomic E-state index is -0.371. The summed E-state index contributed by atoms with van der Waals surface area (Å²) in [4.78, 5) is 26.7. The molecule has 1 N–H and O–H groups in total. The van der Waals surface area contributed by atoms with Crippen LogP contribution in [0.25, 0.3) is 0 Å². The standard InChI is InChI=1S/C23H27FN2O2S/c1-3-5-8-16(4-2)22(28)25-19-11-6-9-17(13-19)23-26(21(27)15-29-23)20-12-7-10-18(24)14-20/h6-7,9-14,16,23H,3-5,8,15H2,1-2H3,(H,25,28)/t16-,23+/m0/s1. The van der Waals surface area contributed by atoms with Gasteiger partial charge in [0.25, 0.3) is 0 Å². The number of benzene rings is 2. The van der Waals surface area contributed by atoms with Gasteiger partial charge in [-0.15, -0.1) is 11.8 Å². The van der Waals surface area contributed by atoms with Crippen molar-refractivity contribution in [2.24, 2.45) is 5.92 Å². The molecule has 1 fully saturated rings. The summed E-state index contributed by atoms with van der Waals surface area (Å²) in [6.45, 7) is 4.16. The summed E-state index contributed by atoms with van der Waals surface area (Å²) in [5.74, 6) is -0.0393. The summed E-state index contributed by atoms with van der Waals surface area (Å²) in [5.41, 5.74) is 2.18. The summed E-state index contributed by atoms with van der Waals surface area (Å²) in [5, 5.41) is 2.78. The number of hydrogen-bond donors (Lipinski definition) is 1. The first-order chi connectivity index (χ1) is 14.0. The fourth-order valence-electron chi connectivity index (χ4n) is 3.56. The van der Waals surface area contributed by atoms with Crippen molar-refractivity contribution >= 4 is 35.0 Å². The number of hydrogen-bond acceptors (Lipinski definition) is 3. The Labute approximate surface area is 175 Å². The highest BCUT2D eigenvalue weighted by atomic mass is 32.2. The second-order valence-electron chi connectivity index (χ2n) is 7.27. The molecule has 0 bridgehead atoms. The molecular formula is C23H27FN2O2S. The molecule has 2 atom stereocenters. The van der Waals surface area contributed by atoms with E-state index in [0.717, 1.165) is 36.9 Å². The zero-order valence-electron chi connectivity index (χ0n) is 16.9. The molecule has 2 aromatic carbocycles. The van der Waals surface area contributed by atoms with E-state index in [-0.39, 0.29) is 28.9 Å². The third-order valence-corrected chi connectivity index (χ3v) is 6.38. The number of carbonyl (C=O) groups is 2. The van der Waals surface area contributed by atoms with Gasteiger partial charge in [0, 0.05) is 17.3 Å². The Morgan fingerprint density at radius 3 is 2.76 bits per heavy atom. The van der Waals surface area contributed by atoms with Crippen LogP contribution in [0.15, 0.2) is 48.5 Å². The van der Waals surface area contributed by atoms with E-state index in [1.807, 2.05) is 31.2 Å². The summed E-state index contributed by atoms with van der Waals surface area (Å²) in [6.07, 6.45) is 3.81. The van der Waals surface area contributed by atoms with Crippen LogP contribution in [0.3, 0.4) is 0 Å². The van der Waals surface area contributed by atoms with Crippen LogP contribution in [0, 0.1) is 11.7 Å². The van der Waals surface area contributed by atoms with E-state index in [1.165, 1.54) is 23.9 Å². The predicted molar refractivity (Wildman–Crippen MR) is 117 cm³/mol. The predicted octanol–water partition coefficient (Wildman–Crippen LogP) is 5.76. The van der Waals surface area contributed by atoms with Gasteiger partial charge >= 0.3 is 0 Å². The maximum Gasteiger partial charge on any atom is 0.238 e. The number of amides is 2. The van der Waals surface area contributed by atoms with Crippen LogP contribution in [0.5, 0.6) is 0 Å². The Bertz CT molecular complexity index is 873. The van der Waals surface area contributed by atoms with Crippen molar-refractivity contribution in [1.82, 2.24) is 0 Å². The molecule has 0 spiro atoms. The molecule has 0 saturated carbocycles. The van der Waals surface area contributed by atoms with Gasteiger partial charge in [-0.25, -0.2) is 4.39 Å². The van der Waals surface area contributed by atoms with Gasteiger partial charge in [0.05, 0.1) is 5.75 Å². The van der Waals surface area contributed by atoms with Crippen LogP contribution in [0.4, 0.5) is 15.8 Å². The summed E-state index contributed by atoms with van der Waals surface area (Å²) < 4.78 is 13.7. The van der Waals surface area contributed by atoms with Gasteiger partial charge in [0.15, 0.2) is 0 Å². The van der Waals surface area contributed by atoms with E-state index >= 15 is 0 Å². The fourth-order valence-corrected chi connectivity index (χ4v) is 4.73. The summed E-state index contributed by atoms with van der Waals surface area (Å²) in [6, 6.07) is 13.7. The zero-order valence-corrected chi connectivity index (χ0v) is 17.7. The van der Waals surface area contributed by atoms with Gasteiger partial charge in [-0.05, 0) is 48.7 Å². The van der Waals surface area contributed by atoms with E-state index in [1.54, 1.807) is 17.0 Å². The molecule has 1 aliphatic rings. The topological polar surface area (TPSA) is 49.4 Å². The summed E-state index contributed by atoms with van der Waals surface area (Å²) >= 11 is 1.50. The second kappa shape index (κ2) is 9.92. The average Bonchev–Trinajstić information content (AvgIpc) is 3.10. The number of anilines is 2. The van der Waals surface area contributed by atoms with Crippen LogP contribution < -0.4 is 10.2 Å². The van der Waals surface area contributed by atoms with Crippen LogP contribution in [0.2, 0.25) is 0 Å². The third kappa shape index (κ3) is 5.18. The van der Waals surface area contributed by atoms with E-state index < -0.39 is 0 Å². The van der Waals surface area contributed by atoms with Gasteiger partial charge in [-0.3, -0.25) is 14.5 Å². The number of unbranched alkanes of at least 4 members (excludes halogenated alkanes) is 1. The van der Waals surface area contributed by atoms with E-state index in [9.17, 15) is 14.0 Å². The Morgan fingerprint density at radius 2 is 2.03 bits per heavy atom. The van der Waals surface area contributed by atoms with Gasteiger partial charge in [0.1, 0.15) is 11.2 Å². The Hall–Kier alpha value is -2.34. The number of halogens is 1. The minimum Gasteiger partial charge on any atom is -0.326 e. The van der Waals surface area contributed by atoms with Crippen LogP contribution >= 0.6 is 11.8 Å². The molecule has 1 aliphatic heterocycles. The van der Waals surface area contributed by atoms with Gasteiger partial charge in [0.2, 0.25) is 11.8 Å². The SMILES string of the molecule is CCCC[C@H](CC)C(=O)Nc1cccc([C@H]2SCC(=O)N2c2cccc(F)c2)c1. The number of carbonyl (C=O) groups excluding carboxylic acids is 2. The number of thioether (sulfide) groups is 1. The molecule has 4 nitrogen and oxygen atoms in total. The molecule has 0 radical (unpaired) electrons. The number of nitrogens with zero attached hydrogens (tertiary/aromatic N) is 1. The van der Waals surface area contributed by atoms with E-state index in [4.69, 9.17) is 0 Å². The normalized spacial score (nSPS) is 17.4. The fraction of sp³-hybridized carbons (Fsp3) is 0.391. The molecule has 3 rings (SSSR count). The third-order valence-electron chi connectivity index (χ3n) is 5.16. The van der Waals surface area contributed by atoms with Crippen molar-refractivity contribution in [3.63, 3.8) is 0 Å². The van der Waals surface area contributed by atoms with Crippen LogP contribution in [0.1, 0.15) is 50.5 Å². The van der Waals surface area contributed by atoms with E-state index in [2.05, 4.69) is 12.2 Å². The van der Waals surface area contributed by atoms with Crippen molar-refractivity contribution in [2.45, 2.75) is 44.9 Å². The molecule has 154 valence electrons. The Kier molecular flexibility index (Phi) is 7.31. The lowest BCUT2D eigenvalue weighted by Crippen LogP contribution is -2.28. The van der Waals surface area contributed by atoms with E-state index in [0.29, 0.717) is 11.4 Å². The lowest BCUT2D eigenvalue weighted by Gasteiger charge is -2.25. The van der Waals surface area contributed by atoms with Crippen molar-refractivity contribution in [1.29, 1.82) is 0 Å². The van der Waals surface area contributed by atoms with Crippen molar-refractivity contribution in [3.8, 4) is 0 Å². The molecule has 0 aliphatic carbocycles. The molecular weight excluding hydrogens is 387 g/mol. The molecule has 1 saturated heterocycles. The monoisotopic (exact) mass is 414 g/mol. The zero-order chi connectivity index (χ0) is 20.8. The smallest absolute Gasteiger partial charge is 0.238 e. The average molecular weight is 415 g/mol. The second-order valence-corrected chi connectivity index (χ2v) is 8.34. The molecule has 0 unspecified atom stereocenters. The first-order valence-corrected chi connectivity index (χ1v) is 11.2. The lowest BCUT2D eigenvalue weighted by atomic mass is 9.98. The molecule has 6 heteroatoms. The van der Waals surface area contributed by atoms with Gasteiger partial charge in [-0.2, -0.15) is 0 Å². The Morgan fingerprint density at radius 1 is 1.24 bits per heavy atom. The Balaban J connectivity index is 1.79. The molecule has 2 amide bonds. The molecule has 1 heterocycles. The largest absolute Gasteiger partial charge is 0.326 e. The van der Waals surface area contributed by atoms with Gasteiger partial charge < -0.3 is 5.32 Å². The van der Waals surface area contributed by atoms with Crippen LogP contribution in [-0.4, -0.2) is 17.6 Å². The lowest BCUT2D eigenvalue weighted by molar-refractivity contribution is -0.120. The highest BCUT2D eigenvalue weighted by molar-refractivity contribution is 8.00. The maximum atomic E-state index is 13.7. The quantitative estimate of drug-likeness (QED) is 0.597. The molecule has 29 heavy (non-hydrogen) atoms.